The van der Waals surface area contributed by atoms with E-state index in [-0.39, 0.29) is 0 Å². The summed E-state index contributed by atoms with van der Waals surface area (Å²) < 4.78 is 0. The second-order valence-electron chi connectivity index (χ2n) is 2.12. The molecule has 1 aromatic heterocycles. The Bertz CT molecular complexity index is 235. The van der Waals surface area contributed by atoms with E-state index in [4.69, 9.17) is 5.73 Å². The zero-order chi connectivity index (χ0) is 7.56. The summed E-state index contributed by atoms with van der Waals surface area (Å²) >= 11 is 3.30. The third-order valence-corrected chi connectivity index (χ3v) is 1.95. The van der Waals surface area contributed by atoms with Gasteiger partial charge in [-0.3, -0.25) is 4.98 Å². The fourth-order valence-electron chi connectivity index (χ4n) is 0.732. The smallest absolute Gasteiger partial charge is 0.0740 e. The van der Waals surface area contributed by atoms with E-state index < -0.39 is 0 Å². The van der Waals surface area contributed by atoms with Crippen LogP contribution in [0.2, 0.25) is 0 Å². The zero-order valence-electron chi connectivity index (χ0n) is 5.76. The number of halogens is 1. The van der Waals surface area contributed by atoms with Gasteiger partial charge in [-0.1, -0.05) is 15.9 Å². The molecule has 0 aliphatic carbocycles. The molecule has 2 nitrogen and oxygen atoms in total. The van der Waals surface area contributed by atoms with Gasteiger partial charge >= 0.3 is 0 Å². The average molecular weight is 201 g/mol. The first-order valence-electron chi connectivity index (χ1n) is 3.01. The van der Waals surface area contributed by atoms with Crippen molar-refractivity contribution in [2.75, 3.05) is 5.73 Å². The lowest BCUT2D eigenvalue weighted by Gasteiger charge is -2.02. The van der Waals surface area contributed by atoms with Gasteiger partial charge in [-0.15, -0.1) is 0 Å². The van der Waals surface area contributed by atoms with Gasteiger partial charge in [0.1, 0.15) is 0 Å². The predicted octanol–water partition coefficient (Wildman–Crippen LogP) is 1.87. The normalized spacial score (nSPS) is 9.80. The van der Waals surface area contributed by atoms with Gasteiger partial charge in [0.2, 0.25) is 0 Å². The SMILES string of the molecule is Cc1ccnc(CBr)c1N. The quantitative estimate of drug-likeness (QED) is 0.704. The molecule has 0 saturated heterocycles. The number of hydrogen-bond donors (Lipinski definition) is 1. The molecule has 1 heterocycles. The summed E-state index contributed by atoms with van der Waals surface area (Å²) in [6.07, 6.45) is 1.77. The number of nitrogens with zero attached hydrogens (tertiary/aromatic N) is 1. The largest absolute Gasteiger partial charge is 0.397 e. The average Bonchev–Trinajstić information content (AvgIpc) is 1.95. The van der Waals surface area contributed by atoms with Crippen molar-refractivity contribution in [1.82, 2.24) is 4.98 Å². The van der Waals surface area contributed by atoms with Crippen molar-refractivity contribution in [2.45, 2.75) is 12.3 Å². The molecule has 0 radical (unpaired) electrons. The van der Waals surface area contributed by atoms with Crippen LogP contribution in [0.25, 0.3) is 0 Å². The Balaban J connectivity index is 3.14. The van der Waals surface area contributed by atoms with Crippen molar-refractivity contribution in [2.24, 2.45) is 0 Å². The summed E-state index contributed by atoms with van der Waals surface area (Å²) in [6.45, 7) is 1.98. The number of pyridine rings is 1. The van der Waals surface area contributed by atoms with Crippen molar-refractivity contribution < 1.29 is 0 Å². The highest BCUT2D eigenvalue weighted by atomic mass is 79.9. The van der Waals surface area contributed by atoms with Crippen LogP contribution in [0.5, 0.6) is 0 Å². The maximum absolute atomic E-state index is 5.70. The topological polar surface area (TPSA) is 38.9 Å². The van der Waals surface area contributed by atoms with Crippen LogP contribution < -0.4 is 5.73 Å². The fraction of sp³-hybridized carbons (Fsp3) is 0.286. The lowest BCUT2D eigenvalue weighted by atomic mass is 10.2. The summed E-state index contributed by atoms with van der Waals surface area (Å²) in [7, 11) is 0. The zero-order valence-corrected chi connectivity index (χ0v) is 7.35. The van der Waals surface area contributed by atoms with Crippen molar-refractivity contribution in [3.63, 3.8) is 0 Å². The minimum atomic E-state index is 0.723. The van der Waals surface area contributed by atoms with Gasteiger partial charge in [0.25, 0.3) is 0 Å². The van der Waals surface area contributed by atoms with Crippen molar-refractivity contribution in [1.29, 1.82) is 0 Å². The molecule has 0 bridgehead atoms. The number of anilines is 1. The van der Waals surface area contributed by atoms with E-state index in [0.717, 1.165) is 22.3 Å². The molecule has 0 aliphatic heterocycles. The Labute approximate surface area is 68.6 Å². The Morgan fingerprint density at radius 3 is 2.90 bits per heavy atom. The highest BCUT2D eigenvalue weighted by Crippen LogP contribution is 2.15. The third kappa shape index (κ3) is 1.29. The number of aryl methyl sites for hydroxylation is 1. The fourth-order valence-corrected chi connectivity index (χ4v) is 1.18. The van der Waals surface area contributed by atoms with Gasteiger partial charge in [-0.2, -0.15) is 0 Å². The molecule has 10 heavy (non-hydrogen) atoms. The number of aromatic nitrogens is 1. The Morgan fingerprint density at radius 2 is 2.40 bits per heavy atom. The van der Waals surface area contributed by atoms with E-state index >= 15 is 0 Å². The standard InChI is InChI=1S/C7H9BrN2/c1-5-2-3-10-6(4-8)7(5)9/h2-3H,4,9H2,1H3. The monoisotopic (exact) mass is 200 g/mol. The maximum atomic E-state index is 5.70. The van der Waals surface area contributed by atoms with Gasteiger partial charge in [0.15, 0.2) is 0 Å². The van der Waals surface area contributed by atoms with E-state index in [9.17, 15) is 0 Å². The van der Waals surface area contributed by atoms with Crippen LogP contribution in [0.3, 0.4) is 0 Å². The van der Waals surface area contributed by atoms with Crippen LogP contribution in [0, 0.1) is 6.92 Å². The number of nitrogens with two attached hydrogens (primary N) is 1. The maximum Gasteiger partial charge on any atom is 0.0740 e. The summed E-state index contributed by atoms with van der Waals surface area (Å²) in [5.74, 6) is 0. The summed E-state index contributed by atoms with van der Waals surface area (Å²) in [6, 6.07) is 1.90. The number of alkyl halides is 1. The number of nitrogen functional groups attached to an aromatic ring is 1. The van der Waals surface area contributed by atoms with Crippen LogP contribution >= 0.6 is 15.9 Å². The molecule has 0 spiro atoms. The molecule has 0 saturated carbocycles. The molecular weight excluding hydrogens is 192 g/mol. The third-order valence-electron chi connectivity index (χ3n) is 1.42. The highest BCUT2D eigenvalue weighted by Gasteiger charge is 1.99. The Kier molecular flexibility index (Phi) is 2.27. The molecule has 0 aliphatic rings. The summed E-state index contributed by atoms with van der Waals surface area (Å²) in [5, 5.41) is 0.723. The Morgan fingerprint density at radius 1 is 1.70 bits per heavy atom. The first kappa shape index (κ1) is 7.54. The predicted molar refractivity (Wildman–Crippen MR) is 46.0 cm³/mol. The van der Waals surface area contributed by atoms with Gasteiger partial charge in [0, 0.05) is 11.5 Å². The van der Waals surface area contributed by atoms with Gasteiger partial charge in [0.05, 0.1) is 11.4 Å². The van der Waals surface area contributed by atoms with Crippen LogP contribution in [0.15, 0.2) is 12.3 Å². The van der Waals surface area contributed by atoms with Crippen LogP contribution in [-0.2, 0) is 5.33 Å². The summed E-state index contributed by atoms with van der Waals surface area (Å²) in [5.41, 5.74) is 8.50. The van der Waals surface area contributed by atoms with Gasteiger partial charge in [-0.25, -0.2) is 0 Å². The van der Waals surface area contributed by atoms with E-state index in [1.807, 2.05) is 13.0 Å². The van der Waals surface area contributed by atoms with Crippen LogP contribution in [-0.4, -0.2) is 4.98 Å². The highest BCUT2D eigenvalue weighted by molar-refractivity contribution is 9.08. The molecule has 0 aromatic carbocycles. The van der Waals surface area contributed by atoms with Crippen LogP contribution in [0.4, 0.5) is 5.69 Å². The van der Waals surface area contributed by atoms with Crippen molar-refractivity contribution in [3.05, 3.63) is 23.5 Å². The molecule has 3 heteroatoms. The molecule has 0 fully saturated rings. The first-order chi connectivity index (χ1) is 4.75. The van der Waals surface area contributed by atoms with E-state index in [1.165, 1.54) is 0 Å². The van der Waals surface area contributed by atoms with E-state index in [1.54, 1.807) is 6.20 Å². The molecule has 0 atom stereocenters. The Hall–Kier alpha value is -0.570. The van der Waals surface area contributed by atoms with E-state index in [2.05, 4.69) is 20.9 Å². The van der Waals surface area contributed by atoms with Gasteiger partial charge < -0.3 is 5.73 Å². The lowest BCUT2D eigenvalue weighted by Crippen LogP contribution is -1.97. The molecule has 1 aromatic rings. The molecule has 0 amide bonds. The molecule has 1 rings (SSSR count). The lowest BCUT2D eigenvalue weighted by molar-refractivity contribution is 1.17. The number of hydrogen-bond acceptors (Lipinski definition) is 2. The van der Waals surface area contributed by atoms with Crippen LogP contribution in [0.1, 0.15) is 11.3 Å². The van der Waals surface area contributed by atoms with Crippen molar-refractivity contribution >= 4 is 21.6 Å². The van der Waals surface area contributed by atoms with Crippen molar-refractivity contribution in [3.8, 4) is 0 Å². The molecular formula is C7H9BrN2. The molecule has 0 unspecified atom stereocenters. The first-order valence-corrected chi connectivity index (χ1v) is 4.13. The second-order valence-corrected chi connectivity index (χ2v) is 2.68. The minimum Gasteiger partial charge on any atom is -0.397 e. The second kappa shape index (κ2) is 3.01. The van der Waals surface area contributed by atoms with E-state index in [0.29, 0.717) is 0 Å². The summed E-state index contributed by atoms with van der Waals surface area (Å²) in [4.78, 5) is 4.09. The molecule has 2 N–H and O–H groups in total. The minimum absolute atomic E-state index is 0.723. The number of rotatable bonds is 1. The molecule has 54 valence electrons. The van der Waals surface area contributed by atoms with Gasteiger partial charge in [-0.05, 0) is 18.6 Å².